The van der Waals surface area contributed by atoms with E-state index in [1.54, 1.807) is 45.5 Å². The van der Waals surface area contributed by atoms with E-state index in [1.165, 1.54) is 10.6 Å². The van der Waals surface area contributed by atoms with E-state index < -0.39 is 5.82 Å². The van der Waals surface area contributed by atoms with Gasteiger partial charge in [0.25, 0.3) is 5.56 Å². The number of rotatable bonds is 6. The number of hydrogen-bond donors (Lipinski definition) is 0. The number of fused-ring (bicyclic) bond motifs is 1. The highest BCUT2D eigenvalue weighted by Gasteiger charge is 2.19. The fourth-order valence-electron chi connectivity index (χ4n) is 3.48. The molecule has 0 aliphatic rings. The predicted molar refractivity (Wildman–Crippen MR) is 150 cm³/mol. The highest BCUT2D eigenvalue weighted by atomic mass is 35.5. The van der Waals surface area contributed by atoms with Gasteiger partial charge in [-0.15, -0.1) is 0 Å². The van der Waals surface area contributed by atoms with Gasteiger partial charge in [-0.25, -0.2) is 14.4 Å². The molecule has 7 nitrogen and oxygen atoms in total. The van der Waals surface area contributed by atoms with Gasteiger partial charge in [-0.1, -0.05) is 31.5 Å². The normalized spacial score (nSPS) is 10.3. The number of pyridine rings is 2. The summed E-state index contributed by atoms with van der Waals surface area (Å²) in [6.45, 7) is 11.4. The van der Waals surface area contributed by atoms with Crippen LogP contribution in [-0.4, -0.2) is 46.3 Å². The average molecular weight is 528 g/mol. The van der Waals surface area contributed by atoms with Gasteiger partial charge in [0.05, 0.1) is 12.0 Å². The zero-order valence-corrected chi connectivity index (χ0v) is 23.3. The van der Waals surface area contributed by atoms with Gasteiger partial charge >= 0.3 is 0 Å². The molecule has 198 valence electrons. The van der Waals surface area contributed by atoms with Crippen LogP contribution in [0.15, 0.2) is 53.5 Å². The fraction of sp³-hybridized carbons (Fsp3) is 0.357. The minimum Gasteiger partial charge on any atom is -0.383 e. The highest BCUT2D eigenvalue weighted by Crippen LogP contribution is 2.31. The Balaban J connectivity index is 0.000000455. The van der Waals surface area contributed by atoms with E-state index in [0.29, 0.717) is 47.9 Å². The number of nitrogens with zero attached hydrogens (tertiary/aromatic N) is 5. The van der Waals surface area contributed by atoms with Crippen LogP contribution in [0.4, 0.5) is 10.2 Å². The maximum atomic E-state index is 14.7. The summed E-state index contributed by atoms with van der Waals surface area (Å²) in [6, 6.07) is 11.9. The summed E-state index contributed by atoms with van der Waals surface area (Å²) >= 11 is 5.90. The first-order valence-corrected chi connectivity index (χ1v) is 12.6. The molecular weight excluding hydrogens is 493 g/mol. The molecule has 3 aromatic heterocycles. The summed E-state index contributed by atoms with van der Waals surface area (Å²) in [5.74, 6) is 0.576. The molecule has 4 aromatic rings. The molecule has 0 aliphatic carbocycles. The van der Waals surface area contributed by atoms with Crippen molar-refractivity contribution in [1.29, 1.82) is 0 Å². The van der Waals surface area contributed by atoms with Crippen molar-refractivity contribution in [2.75, 3.05) is 31.7 Å². The molecular formula is C28H35ClFN5O2. The number of benzene rings is 1. The second-order valence-corrected chi connectivity index (χ2v) is 8.35. The van der Waals surface area contributed by atoms with Crippen molar-refractivity contribution < 1.29 is 9.13 Å². The van der Waals surface area contributed by atoms with Crippen molar-refractivity contribution in [2.45, 2.75) is 34.6 Å². The van der Waals surface area contributed by atoms with Crippen LogP contribution in [0, 0.1) is 19.7 Å². The predicted octanol–water partition coefficient (Wildman–Crippen LogP) is 5.99. The van der Waals surface area contributed by atoms with Crippen LogP contribution < -0.4 is 10.5 Å². The summed E-state index contributed by atoms with van der Waals surface area (Å²) in [4.78, 5) is 28.0. The van der Waals surface area contributed by atoms with Crippen LogP contribution >= 0.6 is 11.6 Å². The largest absolute Gasteiger partial charge is 0.383 e. The molecule has 0 spiro atoms. The van der Waals surface area contributed by atoms with Crippen LogP contribution in [0.3, 0.4) is 0 Å². The fourth-order valence-corrected chi connectivity index (χ4v) is 3.64. The first kappa shape index (κ1) is 29.9. The summed E-state index contributed by atoms with van der Waals surface area (Å²) in [5, 5.41) is 0.676. The topological polar surface area (TPSA) is 73.1 Å². The molecule has 0 radical (unpaired) electrons. The van der Waals surface area contributed by atoms with E-state index in [9.17, 15) is 9.18 Å². The van der Waals surface area contributed by atoms with Gasteiger partial charge in [0.2, 0.25) is 0 Å². The van der Waals surface area contributed by atoms with Crippen LogP contribution in [0.1, 0.15) is 32.3 Å². The van der Waals surface area contributed by atoms with Crippen LogP contribution in [0.2, 0.25) is 5.02 Å². The van der Waals surface area contributed by atoms with Crippen molar-refractivity contribution in [3.63, 3.8) is 0 Å². The summed E-state index contributed by atoms with van der Waals surface area (Å²) in [7, 11) is 3.29. The zero-order valence-electron chi connectivity index (χ0n) is 22.5. The van der Waals surface area contributed by atoms with E-state index in [-0.39, 0.29) is 16.1 Å². The lowest BCUT2D eigenvalue weighted by atomic mass is 10.1. The monoisotopic (exact) mass is 527 g/mol. The summed E-state index contributed by atoms with van der Waals surface area (Å²) in [6.07, 6.45) is 1.79. The minimum atomic E-state index is -0.515. The first-order valence-electron chi connectivity index (χ1n) is 12.2. The molecule has 3 heterocycles. The molecule has 0 saturated carbocycles. The molecule has 0 N–H and O–H groups in total. The Labute approximate surface area is 222 Å². The van der Waals surface area contributed by atoms with Crippen molar-refractivity contribution in [3.8, 4) is 11.3 Å². The molecule has 9 heteroatoms. The molecule has 4 rings (SSSR count). The Morgan fingerprint density at radius 2 is 1.84 bits per heavy atom. The van der Waals surface area contributed by atoms with Crippen molar-refractivity contribution >= 4 is 28.3 Å². The van der Waals surface area contributed by atoms with Crippen molar-refractivity contribution in [1.82, 2.24) is 19.5 Å². The highest BCUT2D eigenvalue weighted by molar-refractivity contribution is 6.30. The zero-order chi connectivity index (χ0) is 27.5. The standard InChI is InChI=1S/C20H22ClFN4O2.C6H7N.C2H6/c1-5-26(8-9-28-4)17-11-15-19(23-12(2)25(3)20(15)27)18(24-17)14-7-6-13(21)10-16(14)22;1-6-4-2-3-5-7-6;1-2/h6-7,10-11H,5,8-9H2,1-4H3;2-5H,1H3;1-2H3. The molecule has 0 saturated heterocycles. The van der Waals surface area contributed by atoms with Gasteiger partial charge in [0.1, 0.15) is 28.7 Å². The number of aromatic nitrogens is 4. The van der Waals surface area contributed by atoms with E-state index in [4.69, 9.17) is 16.3 Å². The Kier molecular flexibility index (Phi) is 11.6. The quantitative estimate of drug-likeness (QED) is 0.307. The van der Waals surface area contributed by atoms with Crippen LogP contribution in [0.25, 0.3) is 22.2 Å². The Morgan fingerprint density at radius 1 is 1.11 bits per heavy atom. The third-order valence-corrected chi connectivity index (χ3v) is 5.78. The minimum absolute atomic E-state index is 0.204. The summed E-state index contributed by atoms with van der Waals surface area (Å²) < 4.78 is 21.3. The molecule has 0 fully saturated rings. The lowest BCUT2D eigenvalue weighted by Gasteiger charge is -2.23. The number of anilines is 1. The van der Waals surface area contributed by atoms with Crippen molar-refractivity contribution in [3.05, 3.63) is 81.4 Å². The number of methoxy groups -OCH3 is 1. The van der Waals surface area contributed by atoms with Gasteiger partial charge in [0.15, 0.2) is 0 Å². The van der Waals surface area contributed by atoms with Crippen LogP contribution in [-0.2, 0) is 11.8 Å². The number of likely N-dealkylation sites (N-methyl/N-ethyl adjacent to an activating group) is 1. The van der Waals surface area contributed by atoms with Gasteiger partial charge < -0.3 is 9.64 Å². The smallest absolute Gasteiger partial charge is 0.261 e. The number of halogens is 2. The summed E-state index contributed by atoms with van der Waals surface area (Å²) in [5.41, 5.74) is 1.80. The lowest BCUT2D eigenvalue weighted by molar-refractivity contribution is 0.205. The van der Waals surface area contributed by atoms with Gasteiger partial charge in [-0.05, 0) is 57.2 Å². The number of ether oxygens (including phenoxy) is 1. The van der Waals surface area contributed by atoms with E-state index in [0.717, 1.165) is 5.69 Å². The second kappa shape index (κ2) is 14.4. The molecule has 0 aliphatic heterocycles. The Morgan fingerprint density at radius 3 is 2.38 bits per heavy atom. The maximum absolute atomic E-state index is 14.7. The third kappa shape index (κ3) is 7.57. The second-order valence-electron chi connectivity index (χ2n) is 7.92. The molecule has 0 amide bonds. The van der Waals surface area contributed by atoms with E-state index in [2.05, 4.69) is 15.0 Å². The number of hydrogen-bond acceptors (Lipinski definition) is 6. The van der Waals surface area contributed by atoms with Crippen LogP contribution in [0.5, 0.6) is 0 Å². The molecule has 0 atom stereocenters. The molecule has 0 bridgehead atoms. The Bertz CT molecular complexity index is 1360. The number of aryl methyl sites for hydroxylation is 2. The third-order valence-electron chi connectivity index (χ3n) is 5.54. The molecule has 0 unspecified atom stereocenters. The van der Waals surface area contributed by atoms with Gasteiger partial charge in [-0.2, -0.15) is 0 Å². The van der Waals surface area contributed by atoms with E-state index in [1.807, 2.05) is 50.8 Å². The first-order chi connectivity index (χ1) is 17.8. The molecule has 1 aromatic carbocycles. The van der Waals surface area contributed by atoms with Gasteiger partial charge in [0, 0.05) is 49.7 Å². The average Bonchev–Trinajstić information content (AvgIpc) is 2.90. The lowest BCUT2D eigenvalue weighted by Crippen LogP contribution is -2.28. The SMILES string of the molecule is CC.CCN(CCOC)c1cc2c(=O)n(C)c(C)nc2c(-c2ccc(Cl)cc2F)n1.Cc1ccccn1. The van der Waals surface area contributed by atoms with Crippen molar-refractivity contribution in [2.24, 2.45) is 7.05 Å². The molecule has 37 heavy (non-hydrogen) atoms. The van der Waals surface area contributed by atoms with E-state index >= 15 is 0 Å². The van der Waals surface area contributed by atoms with Gasteiger partial charge in [-0.3, -0.25) is 14.3 Å². The maximum Gasteiger partial charge on any atom is 0.261 e. The Hall–Kier alpha value is -3.36.